The first-order valence-corrected chi connectivity index (χ1v) is 6.50. The summed E-state index contributed by atoms with van der Waals surface area (Å²) in [6, 6.07) is 6.01. The maximum Gasteiger partial charge on any atom is 0.251 e. The van der Waals surface area contributed by atoms with E-state index in [9.17, 15) is 4.79 Å². The van der Waals surface area contributed by atoms with Crippen molar-refractivity contribution in [2.75, 3.05) is 0 Å². The average Bonchev–Trinajstić information content (AvgIpc) is 2.76. The molecule has 2 aliphatic rings. The van der Waals surface area contributed by atoms with E-state index in [0.717, 1.165) is 24.4 Å². The number of aromatic nitrogens is 1. The van der Waals surface area contributed by atoms with Gasteiger partial charge in [0.2, 0.25) is 0 Å². The molecule has 3 heterocycles. The molecule has 1 N–H and O–H groups in total. The van der Waals surface area contributed by atoms with Crippen molar-refractivity contribution in [3.8, 4) is 0 Å². The van der Waals surface area contributed by atoms with Crippen LogP contribution in [0.15, 0.2) is 40.3 Å². The Balaban J connectivity index is 1.82. The lowest BCUT2D eigenvalue weighted by molar-refractivity contribution is 0.470. The Morgan fingerprint density at radius 2 is 2.38 bits per heavy atom. The molecule has 2 unspecified atom stereocenters. The summed E-state index contributed by atoms with van der Waals surface area (Å²) < 4.78 is 1.88. The molecule has 3 rings (SSSR count). The lowest BCUT2D eigenvalue weighted by Crippen LogP contribution is -2.37. The summed E-state index contributed by atoms with van der Waals surface area (Å²) in [6.07, 6.45) is 6.51. The molecule has 0 fully saturated rings. The number of pyridine rings is 1. The summed E-state index contributed by atoms with van der Waals surface area (Å²) in [6.45, 7) is 0.838. The van der Waals surface area contributed by atoms with Crippen LogP contribution in [-0.2, 0) is 6.54 Å². The van der Waals surface area contributed by atoms with Gasteiger partial charge in [-0.2, -0.15) is 0 Å². The van der Waals surface area contributed by atoms with E-state index < -0.39 is 0 Å². The van der Waals surface area contributed by atoms with Crippen molar-refractivity contribution in [3.63, 3.8) is 0 Å². The summed E-state index contributed by atoms with van der Waals surface area (Å²) in [7, 11) is 0. The number of nitrogens with zero attached hydrogens (tertiary/aromatic N) is 1. The first kappa shape index (κ1) is 10.0. The zero-order valence-electron chi connectivity index (χ0n) is 8.93. The summed E-state index contributed by atoms with van der Waals surface area (Å²) in [5.41, 5.74) is 0.124. The van der Waals surface area contributed by atoms with Crippen molar-refractivity contribution < 1.29 is 0 Å². The maximum absolute atomic E-state index is 11.7. The average molecular weight is 234 g/mol. The minimum Gasteiger partial charge on any atom is -0.387 e. The molecule has 1 aromatic heterocycles. The summed E-state index contributed by atoms with van der Waals surface area (Å²) >= 11 is 1.82. The smallest absolute Gasteiger partial charge is 0.251 e. The van der Waals surface area contributed by atoms with Crippen LogP contribution in [0.2, 0.25) is 0 Å². The lowest BCUT2D eigenvalue weighted by Gasteiger charge is -2.24. The molecule has 1 aromatic rings. The number of nitrogens with one attached hydrogen (secondary N) is 1. The fourth-order valence-electron chi connectivity index (χ4n) is 2.29. The van der Waals surface area contributed by atoms with Gasteiger partial charge in [-0.1, -0.05) is 12.1 Å². The quantitative estimate of drug-likeness (QED) is 0.801. The highest BCUT2D eigenvalue weighted by Gasteiger charge is 2.29. The van der Waals surface area contributed by atoms with Crippen molar-refractivity contribution in [2.24, 2.45) is 0 Å². The highest BCUT2D eigenvalue weighted by molar-refractivity contribution is 8.00. The van der Waals surface area contributed by atoms with Gasteiger partial charge >= 0.3 is 0 Å². The predicted molar refractivity (Wildman–Crippen MR) is 65.6 cm³/mol. The van der Waals surface area contributed by atoms with E-state index >= 15 is 0 Å². The topological polar surface area (TPSA) is 34.0 Å². The van der Waals surface area contributed by atoms with Crippen LogP contribution in [0.25, 0.3) is 0 Å². The van der Waals surface area contributed by atoms with Crippen LogP contribution < -0.4 is 10.9 Å². The molecule has 2 aliphatic heterocycles. The first-order valence-electron chi connectivity index (χ1n) is 5.62. The fourth-order valence-corrected chi connectivity index (χ4v) is 3.65. The van der Waals surface area contributed by atoms with Crippen LogP contribution in [0.4, 0.5) is 0 Å². The highest BCUT2D eigenvalue weighted by Crippen LogP contribution is 2.33. The number of thioether (sulfide) groups is 1. The second kappa shape index (κ2) is 4.01. The summed E-state index contributed by atoms with van der Waals surface area (Å²) in [5.74, 6) is 0. The van der Waals surface area contributed by atoms with E-state index in [0.29, 0.717) is 11.3 Å². The molecule has 0 aromatic carbocycles. The maximum atomic E-state index is 11.7. The van der Waals surface area contributed by atoms with Crippen molar-refractivity contribution in [3.05, 3.63) is 40.8 Å². The van der Waals surface area contributed by atoms with Crippen LogP contribution in [-0.4, -0.2) is 15.9 Å². The lowest BCUT2D eigenvalue weighted by atomic mass is 10.1. The van der Waals surface area contributed by atoms with Crippen LogP contribution in [0, 0.1) is 0 Å². The van der Waals surface area contributed by atoms with Crippen LogP contribution in [0.5, 0.6) is 0 Å². The molecule has 4 heteroatoms. The predicted octanol–water partition coefficient (Wildman–Crippen LogP) is 1.59. The van der Waals surface area contributed by atoms with Crippen molar-refractivity contribution in [1.29, 1.82) is 0 Å². The van der Waals surface area contributed by atoms with Gasteiger partial charge in [-0.3, -0.25) is 4.79 Å². The zero-order chi connectivity index (χ0) is 11.0. The zero-order valence-corrected chi connectivity index (χ0v) is 9.74. The fraction of sp³-hybridized carbons (Fsp3) is 0.417. The molecule has 16 heavy (non-hydrogen) atoms. The van der Waals surface area contributed by atoms with E-state index in [1.165, 1.54) is 0 Å². The molecular formula is C12H14N2OS. The number of hydrogen-bond donors (Lipinski definition) is 1. The van der Waals surface area contributed by atoms with E-state index in [1.807, 2.05) is 34.7 Å². The SMILES string of the molecule is O=c1cccc2n1CC(C1CCC=CN1)S2. The Bertz CT molecular complexity index is 480. The van der Waals surface area contributed by atoms with Crippen LogP contribution in [0.1, 0.15) is 12.8 Å². The largest absolute Gasteiger partial charge is 0.387 e. The minimum atomic E-state index is 0.124. The Morgan fingerprint density at radius 1 is 1.44 bits per heavy atom. The second-order valence-electron chi connectivity index (χ2n) is 4.22. The Kier molecular flexibility index (Phi) is 2.52. The van der Waals surface area contributed by atoms with Crippen molar-refractivity contribution in [2.45, 2.75) is 35.7 Å². The van der Waals surface area contributed by atoms with Gasteiger partial charge in [-0.25, -0.2) is 0 Å². The molecule has 2 atom stereocenters. The van der Waals surface area contributed by atoms with Crippen LogP contribution in [0.3, 0.4) is 0 Å². The molecule has 0 spiro atoms. The molecule has 3 nitrogen and oxygen atoms in total. The molecule has 0 saturated heterocycles. The van der Waals surface area contributed by atoms with Gasteiger partial charge in [-0.05, 0) is 25.1 Å². The molecular weight excluding hydrogens is 220 g/mol. The highest BCUT2D eigenvalue weighted by atomic mass is 32.2. The van der Waals surface area contributed by atoms with E-state index in [1.54, 1.807) is 6.07 Å². The molecule has 0 amide bonds. The normalized spacial score (nSPS) is 27.5. The van der Waals surface area contributed by atoms with Crippen LogP contribution >= 0.6 is 11.8 Å². The van der Waals surface area contributed by atoms with Crippen molar-refractivity contribution >= 4 is 11.8 Å². The van der Waals surface area contributed by atoms with E-state index in [4.69, 9.17) is 0 Å². The minimum absolute atomic E-state index is 0.124. The molecule has 0 aliphatic carbocycles. The Labute approximate surface area is 98.5 Å². The number of rotatable bonds is 1. The third-order valence-electron chi connectivity index (χ3n) is 3.17. The van der Waals surface area contributed by atoms with Gasteiger partial charge < -0.3 is 9.88 Å². The molecule has 0 radical (unpaired) electrons. The van der Waals surface area contributed by atoms with Crippen molar-refractivity contribution in [1.82, 2.24) is 9.88 Å². The number of allylic oxidation sites excluding steroid dienone is 1. The first-order chi connectivity index (χ1) is 7.84. The van der Waals surface area contributed by atoms with Gasteiger partial charge in [0.05, 0.1) is 5.03 Å². The number of fused-ring (bicyclic) bond motifs is 1. The van der Waals surface area contributed by atoms with E-state index in [-0.39, 0.29) is 5.56 Å². The van der Waals surface area contributed by atoms with E-state index in [2.05, 4.69) is 11.4 Å². The van der Waals surface area contributed by atoms with Gasteiger partial charge in [0.15, 0.2) is 0 Å². The Morgan fingerprint density at radius 3 is 3.12 bits per heavy atom. The Hall–Kier alpha value is -1.16. The molecule has 0 saturated carbocycles. The third kappa shape index (κ3) is 1.67. The standard InChI is InChI=1S/C12H14N2OS/c15-11-5-3-6-12-14(11)8-10(16-12)9-4-1-2-7-13-9/h2-3,5-7,9-10,13H,1,4,8H2. The number of hydrogen-bond acceptors (Lipinski definition) is 3. The van der Waals surface area contributed by atoms with Gasteiger partial charge in [-0.15, -0.1) is 11.8 Å². The van der Waals surface area contributed by atoms with Gasteiger partial charge in [0.25, 0.3) is 5.56 Å². The monoisotopic (exact) mass is 234 g/mol. The third-order valence-corrected chi connectivity index (χ3v) is 4.54. The molecule has 84 valence electrons. The summed E-state index contributed by atoms with van der Waals surface area (Å²) in [5, 5.41) is 4.99. The second-order valence-corrected chi connectivity index (χ2v) is 5.48. The van der Waals surface area contributed by atoms with Gasteiger partial charge in [0.1, 0.15) is 0 Å². The molecule has 0 bridgehead atoms. The van der Waals surface area contributed by atoms with Gasteiger partial charge in [0, 0.05) is 23.9 Å². The summed E-state index contributed by atoms with van der Waals surface area (Å²) in [4.78, 5) is 11.7.